The van der Waals surface area contributed by atoms with E-state index in [0.29, 0.717) is 12.8 Å². The van der Waals surface area contributed by atoms with Crippen molar-refractivity contribution in [2.75, 3.05) is 0 Å². The second-order valence-electron chi connectivity index (χ2n) is 4.94. The van der Waals surface area contributed by atoms with E-state index in [1.54, 1.807) is 6.20 Å². The molecule has 0 saturated carbocycles. The van der Waals surface area contributed by atoms with Crippen molar-refractivity contribution in [1.29, 1.82) is 0 Å². The number of hydrogen-bond donors (Lipinski definition) is 0. The molecule has 19 heavy (non-hydrogen) atoms. The predicted octanol–water partition coefficient (Wildman–Crippen LogP) is 1.51. The third kappa shape index (κ3) is 2.92. The van der Waals surface area contributed by atoms with Crippen molar-refractivity contribution < 1.29 is 4.79 Å². The highest BCUT2D eigenvalue weighted by Gasteiger charge is 2.12. The largest absolute Gasteiger partial charge is 0.338 e. The first-order valence-electron chi connectivity index (χ1n) is 6.46. The zero-order valence-electron chi connectivity index (χ0n) is 12.0. The maximum atomic E-state index is 12.0. The quantitative estimate of drug-likeness (QED) is 0.819. The van der Waals surface area contributed by atoms with Crippen molar-refractivity contribution in [2.45, 2.75) is 33.1 Å². The Hall–Kier alpha value is -1.91. The highest BCUT2D eigenvalue weighted by atomic mass is 16.1. The minimum absolute atomic E-state index is 0.219. The summed E-state index contributed by atoms with van der Waals surface area (Å²) in [4.78, 5) is 16.2. The van der Waals surface area contributed by atoms with Crippen LogP contribution < -0.4 is 0 Å². The Bertz CT molecular complexity index is 595. The van der Waals surface area contributed by atoms with Crippen molar-refractivity contribution in [1.82, 2.24) is 19.3 Å². The second kappa shape index (κ2) is 5.38. The van der Waals surface area contributed by atoms with Gasteiger partial charge in [0.2, 0.25) is 0 Å². The van der Waals surface area contributed by atoms with E-state index in [1.165, 1.54) is 5.56 Å². The van der Waals surface area contributed by atoms with Gasteiger partial charge in [-0.15, -0.1) is 0 Å². The molecule has 0 saturated heterocycles. The molecule has 102 valence electrons. The van der Waals surface area contributed by atoms with E-state index >= 15 is 0 Å². The molecule has 0 unspecified atom stereocenters. The van der Waals surface area contributed by atoms with Crippen LogP contribution in [0.15, 0.2) is 12.4 Å². The Kier molecular flexibility index (Phi) is 3.83. The number of carbonyl (C=O) groups is 1. The maximum absolute atomic E-state index is 12.0. The van der Waals surface area contributed by atoms with Gasteiger partial charge in [0.25, 0.3) is 0 Å². The van der Waals surface area contributed by atoms with Gasteiger partial charge in [0.05, 0.1) is 12.1 Å². The Labute approximate surface area is 113 Å². The van der Waals surface area contributed by atoms with E-state index in [9.17, 15) is 4.79 Å². The third-order valence-electron chi connectivity index (χ3n) is 3.59. The van der Waals surface area contributed by atoms with Crippen molar-refractivity contribution >= 4 is 5.78 Å². The average molecular weight is 260 g/mol. The fourth-order valence-corrected chi connectivity index (χ4v) is 2.28. The summed E-state index contributed by atoms with van der Waals surface area (Å²) < 4.78 is 3.76. The van der Waals surface area contributed by atoms with Gasteiger partial charge in [-0.2, -0.15) is 5.10 Å². The highest BCUT2D eigenvalue weighted by molar-refractivity contribution is 5.80. The molecule has 2 heterocycles. The van der Waals surface area contributed by atoms with Crippen LogP contribution in [0.2, 0.25) is 0 Å². The molecule has 5 heteroatoms. The first-order chi connectivity index (χ1) is 8.99. The summed E-state index contributed by atoms with van der Waals surface area (Å²) in [5.74, 6) is 1.04. The smallest absolute Gasteiger partial charge is 0.140 e. The molecule has 2 aromatic heterocycles. The number of aryl methyl sites for hydroxylation is 3. The van der Waals surface area contributed by atoms with Gasteiger partial charge in [-0.25, -0.2) is 4.98 Å². The summed E-state index contributed by atoms with van der Waals surface area (Å²) in [6.07, 6.45) is 5.28. The molecule has 0 N–H and O–H groups in total. The molecule has 0 aliphatic heterocycles. The zero-order valence-corrected chi connectivity index (χ0v) is 12.0. The molecule has 0 aromatic carbocycles. The van der Waals surface area contributed by atoms with Gasteiger partial charge in [0.15, 0.2) is 0 Å². The molecule has 0 fully saturated rings. The van der Waals surface area contributed by atoms with Gasteiger partial charge in [-0.05, 0) is 25.8 Å². The lowest BCUT2D eigenvalue weighted by atomic mass is 10.0. The van der Waals surface area contributed by atoms with Crippen molar-refractivity contribution in [2.24, 2.45) is 14.1 Å². The number of nitrogens with zero attached hydrogens (tertiary/aromatic N) is 4. The monoisotopic (exact) mass is 260 g/mol. The van der Waals surface area contributed by atoms with Crippen LogP contribution in [-0.4, -0.2) is 25.1 Å². The minimum atomic E-state index is 0.219. The highest BCUT2D eigenvalue weighted by Crippen LogP contribution is 2.14. The predicted molar refractivity (Wildman–Crippen MR) is 72.9 cm³/mol. The Morgan fingerprint density at radius 3 is 2.58 bits per heavy atom. The number of imidazole rings is 1. The number of Topliss-reactive ketones (excluding diaryl/α,β-unsaturated/α-hetero) is 1. The first kappa shape index (κ1) is 13.5. The van der Waals surface area contributed by atoms with E-state index in [0.717, 1.165) is 23.6 Å². The number of carbonyl (C=O) groups excluding carboxylic acids is 1. The number of hydrogen-bond acceptors (Lipinski definition) is 3. The zero-order chi connectivity index (χ0) is 14.0. The van der Waals surface area contributed by atoms with Crippen LogP contribution in [0.25, 0.3) is 0 Å². The summed E-state index contributed by atoms with van der Waals surface area (Å²) >= 11 is 0. The fraction of sp³-hybridized carbons (Fsp3) is 0.500. The molecule has 2 rings (SSSR count). The van der Waals surface area contributed by atoms with Crippen LogP contribution in [0.5, 0.6) is 0 Å². The molecule has 5 nitrogen and oxygen atoms in total. The summed E-state index contributed by atoms with van der Waals surface area (Å²) in [5.41, 5.74) is 3.35. The van der Waals surface area contributed by atoms with E-state index in [4.69, 9.17) is 0 Å². The number of ketones is 1. The van der Waals surface area contributed by atoms with Crippen LogP contribution in [0.1, 0.15) is 29.2 Å². The Morgan fingerprint density at radius 1 is 1.32 bits per heavy atom. The van der Waals surface area contributed by atoms with Crippen molar-refractivity contribution in [3.63, 3.8) is 0 Å². The van der Waals surface area contributed by atoms with E-state index < -0.39 is 0 Å². The van der Waals surface area contributed by atoms with Gasteiger partial charge < -0.3 is 4.57 Å². The third-order valence-corrected chi connectivity index (χ3v) is 3.59. The molecule has 0 atom stereocenters. The molecule has 0 radical (unpaired) electrons. The Morgan fingerprint density at radius 2 is 2.05 bits per heavy atom. The molecule has 0 amide bonds. The van der Waals surface area contributed by atoms with Crippen LogP contribution in [0, 0.1) is 13.8 Å². The molecule has 0 bridgehead atoms. The minimum Gasteiger partial charge on any atom is -0.338 e. The van der Waals surface area contributed by atoms with Crippen LogP contribution in [0.4, 0.5) is 0 Å². The summed E-state index contributed by atoms with van der Waals surface area (Å²) in [7, 11) is 3.84. The molecule has 0 aliphatic carbocycles. The van der Waals surface area contributed by atoms with Crippen molar-refractivity contribution in [3.05, 3.63) is 35.2 Å². The fourth-order valence-electron chi connectivity index (χ4n) is 2.28. The lowest BCUT2D eigenvalue weighted by Gasteiger charge is -2.03. The van der Waals surface area contributed by atoms with Gasteiger partial charge in [-0.3, -0.25) is 9.48 Å². The van der Waals surface area contributed by atoms with E-state index in [-0.39, 0.29) is 5.78 Å². The van der Waals surface area contributed by atoms with Gasteiger partial charge in [0.1, 0.15) is 11.6 Å². The summed E-state index contributed by atoms with van der Waals surface area (Å²) in [6, 6.07) is 0. The topological polar surface area (TPSA) is 52.7 Å². The van der Waals surface area contributed by atoms with Gasteiger partial charge in [0, 0.05) is 38.6 Å². The number of aromatic nitrogens is 4. The standard InChI is InChI=1S/C14H20N4O/c1-10-13(11(2)18(4)16-10)6-5-12(19)9-14-15-7-8-17(14)3/h7-8H,5-6,9H2,1-4H3. The van der Waals surface area contributed by atoms with Crippen molar-refractivity contribution in [3.8, 4) is 0 Å². The molecule has 0 spiro atoms. The van der Waals surface area contributed by atoms with E-state index in [1.807, 2.05) is 43.4 Å². The molecular weight excluding hydrogens is 240 g/mol. The average Bonchev–Trinajstić information content (AvgIpc) is 2.84. The molecular formula is C14H20N4O. The normalized spacial score (nSPS) is 10.9. The number of rotatable bonds is 5. The first-order valence-corrected chi connectivity index (χ1v) is 6.46. The summed E-state index contributed by atoms with van der Waals surface area (Å²) in [6.45, 7) is 4.03. The van der Waals surface area contributed by atoms with Crippen LogP contribution >= 0.6 is 0 Å². The van der Waals surface area contributed by atoms with Crippen LogP contribution in [0.3, 0.4) is 0 Å². The summed E-state index contributed by atoms with van der Waals surface area (Å²) in [5, 5.41) is 4.37. The second-order valence-corrected chi connectivity index (χ2v) is 4.94. The van der Waals surface area contributed by atoms with Gasteiger partial charge in [-0.1, -0.05) is 0 Å². The van der Waals surface area contributed by atoms with E-state index in [2.05, 4.69) is 10.1 Å². The maximum Gasteiger partial charge on any atom is 0.140 e. The lowest BCUT2D eigenvalue weighted by Crippen LogP contribution is -2.09. The van der Waals surface area contributed by atoms with Gasteiger partial charge >= 0.3 is 0 Å². The SMILES string of the molecule is Cc1nn(C)c(C)c1CCC(=O)Cc1nccn1C. The molecule has 2 aromatic rings. The molecule has 0 aliphatic rings. The Balaban J connectivity index is 1.95. The van der Waals surface area contributed by atoms with Crippen LogP contribution in [-0.2, 0) is 31.7 Å². The lowest BCUT2D eigenvalue weighted by molar-refractivity contribution is -0.118.